The van der Waals surface area contributed by atoms with Crippen LogP contribution in [0.3, 0.4) is 0 Å². The van der Waals surface area contributed by atoms with Crippen molar-refractivity contribution in [1.82, 2.24) is 0 Å². The van der Waals surface area contributed by atoms with Gasteiger partial charge in [-0.25, -0.2) is 0 Å². The van der Waals surface area contributed by atoms with Gasteiger partial charge >= 0.3 is 0 Å². The van der Waals surface area contributed by atoms with Crippen LogP contribution in [0.25, 0.3) is 0 Å². The quantitative estimate of drug-likeness (QED) is 0.565. The summed E-state index contributed by atoms with van der Waals surface area (Å²) in [6, 6.07) is 0. The van der Waals surface area contributed by atoms with Crippen LogP contribution in [0.1, 0.15) is 68.2 Å². The highest BCUT2D eigenvalue weighted by Gasteiger charge is 2.46. The van der Waals surface area contributed by atoms with Crippen LogP contribution in [0.15, 0.2) is 0 Å². The molecule has 0 saturated carbocycles. The van der Waals surface area contributed by atoms with Gasteiger partial charge in [-0.2, -0.15) is 0 Å². The molecule has 0 radical (unpaired) electrons. The molecule has 0 aliphatic rings. The highest BCUT2D eigenvalue weighted by atomic mass is 35.5. The second-order valence-corrected chi connectivity index (χ2v) is 7.82. The molecule has 0 aliphatic carbocycles. The largest absolute Gasteiger partial charge is 0.119 e. The standard InChI is InChI=1S/C14H29Cl/c1-9-10-11(12(2,3)4)14(8,15)13(5,6)7/h11H,9-10H2,1-8H3. The van der Waals surface area contributed by atoms with Gasteiger partial charge in [0, 0.05) is 4.87 Å². The molecule has 2 atom stereocenters. The average molecular weight is 233 g/mol. The Morgan fingerprint density at radius 3 is 1.53 bits per heavy atom. The summed E-state index contributed by atoms with van der Waals surface area (Å²) in [7, 11) is 0. The smallest absolute Gasteiger partial charge is 0.0499 e. The Balaban J connectivity index is 5.08. The van der Waals surface area contributed by atoms with Crippen molar-refractivity contribution in [2.24, 2.45) is 16.7 Å². The van der Waals surface area contributed by atoms with Gasteiger partial charge in [0.25, 0.3) is 0 Å². The molecule has 0 rings (SSSR count). The number of hydrogen-bond donors (Lipinski definition) is 0. The SMILES string of the molecule is CCCC(C(C)(C)C)C(C)(Cl)C(C)(C)C. The molecule has 0 bridgehead atoms. The fraction of sp³-hybridized carbons (Fsp3) is 1.00. The third-order valence-corrected chi connectivity index (χ3v) is 4.57. The van der Waals surface area contributed by atoms with Gasteiger partial charge in [0.1, 0.15) is 0 Å². The molecule has 0 aromatic heterocycles. The van der Waals surface area contributed by atoms with Gasteiger partial charge < -0.3 is 0 Å². The van der Waals surface area contributed by atoms with Crippen molar-refractivity contribution in [3.63, 3.8) is 0 Å². The molecule has 0 N–H and O–H groups in total. The van der Waals surface area contributed by atoms with Crippen molar-refractivity contribution in [3.05, 3.63) is 0 Å². The van der Waals surface area contributed by atoms with Gasteiger partial charge in [0.05, 0.1) is 0 Å². The predicted octanol–water partition coefficient (Wildman–Crippen LogP) is 5.49. The van der Waals surface area contributed by atoms with Crippen LogP contribution in [0, 0.1) is 16.7 Å². The molecule has 0 nitrogen and oxygen atoms in total. The van der Waals surface area contributed by atoms with E-state index in [2.05, 4.69) is 55.4 Å². The van der Waals surface area contributed by atoms with E-state index in [1.807, 2.05) is 0 Å². The molecule has 0 aliphatic heterocycles. The van der Waals surface area contributed by atoms with E-state index < -0.39 is 0 Å². The van der Waals surface area contributed by atoms with Crippen molar-refractivity contribution in [2.45, 2.75) is 73.1 Å². The second-order valence-electron chi connectivity index (χ2n) is 7.03. The van der Waals surface area contributed by atoms with Crippen molar-refractivity contribution in [1.29, 1.82) is 0 Å². The Bertz CT molecular complexity index is 190. The Morgan fingerprint density at radius 1 is 0.933 bits per heavy atom. The van der Waals surface area contributed by atoms with E-state index in [1.54, 1.807) is 0 Å². The third-order valence-electron chi connectivity index (χ3n) is 3.74. The van der Waals surface area contributed by atoms with Crippen LogP contribution in [0.5, 0.6) is 0 Å². The first kappa shape index (κ1) is 15.3. The monoisotopic (exact) mass is 232 g/mol. The van der Waals surface area contributed by atoms with Crippen LogP contribution in [0.4, 0.5) is 0 Å². The molecule has 0 heterocycles. The maximum Gasteiger partial charge on any atom is 0.0499 e. The van der Waals surface area contributed by atoms with Crippen LogP contribution in [0.2, 0.25) is 0 Å². The lowest BCUT2D eigenvalue weighted by Crippen LogP contribution is -2.47. The normalized spacial score (nSPS) is 19.8. The summed E-state index contributed by atoms with van der Waals surface area (Å²) in [6.45, 7) is 18.1. The Kier molecular flexibility index (Phi) is 4.74. The first-order valence-corrected chi connectivity index (χ1v) is 6.51. The zero-order chi connectivity index (χ0) is 12.5. The molecule has 0 aromatic carbocycles. The van der Waals surface area contributed by atoms with Gasteiger partial charge in [-0.15, -0.1) is 11.6 Å². The highest BCUT2D eigenvalue weighted by molar-refractivity contribution is 6.24. The van der Waals surface area contributed by atoms with E-state index in [4.69, 9.17) is 11.6 Å². The molecule has 0 amide bonds. The fourth-order valence-corrected chi connectivity index (χ4v) is 2.77. The lowest BCUT2D eigenvalue weighted by Gasteiger charge is -2.48. The van der Waals surface area contributed by atoms with E-state index in [-0.39, 0.29) is 15.7 Å². The highest BCUT2D eigenvalue weighted by Crippen LogP contribution is 2.50. The minimum atomic E-state index is -0.138. The van der Waals surface area contributed by atoms with Crippen LogP contribution >= 0.6 is 11.6 Å². The molecule has 2 unspecified atom stereocenters. The predicted molar refractivity (Wildman–Crippen MR) is 71.6 cm³/mol. The average Bonchev–Trinajstić information content (AvgIpc) is 1.95. The number of rotatable bonds is 3. The zero-order valence-corrected chi connectivity index (χ0v) is 12.6. The summed E-state index contributed by atoms with van der Waals surface area (Å²) in [5, 5.41) is 0. The minimum Gasteiger partial charge on any atom is -0.119 e. The van der Waals surface area contributed by atoms with Crippen molar-refractivity contribution in [3.8, 4) is 0 Å². The number of hydrogen-bond acceptors (Lipinski definition) is 0. The van der Waals surface area contributed by atoms with E-state index in [9.17, 15) is 0 Å². The van der Waals surface area contributed by atoms with Crippen molar-refractivity contribution >= 4 is 11.6 Å². The molecule has 15 heavy (non-hydrogen) atoms. The zero-order valence-electron chi connectivity index (χ0n) is 11.9. The Labute approximate surface area is 102 Å². The summed E-state index contributed by atoms with van der Waals surface area (Å²) in [5.41, 5.74) is 0.418. The summed E-state index contributed by atoms with van der Waals surface area (Å²) in [5.74, 6) is 0.552. The first-order valence-electron chi connectivity index (χ1n) is 6.13. The molecule has 0 aromatic rings. The first-order chi connectivity index (χ1) is 6.44. The van der Waals surface area contributed by atoms with E-state index in [0.717, 1.165) is 0 Å². The molecule has 0 fully saturated rings. The maximum absolute atomic E-state index is 6.84. The van der Waals surface area contributed by atoms with E-state index >= 15 is 0 Å². The molecule has 0 spiro atoms. The lowest BCUT2D eigenvalue weighted by molar-refractivity contribution is 0.0995. The van der Waals surface area contributed by atoms with Crippen LogP contribution in [-0.2, 0) is 0 Å². The summed E-state index contributed by atoms with van der Waals surface area (Å²) in [4.78, 5) is -0.138. The van der Waals surface area contributed by atoms with Crippen LogP contribution < -0.4 is 0 Å². The van der Waals surface area contributed by atoms with Crippen molar-refractivity contribution in [2.75, 3.05) is 0 Å². The van der Waals surface area contributed by atoms with Gasteiger partial charge in [-0.1, -0.05) is 54.9 Å². The van der Waals surface area contributed by atoms with Gasteiger partial charge in [0.15, 0.2) is 0 Å². The maximum atomic E-state index is 6.84. The molecular formula is C14H29Cl. The van der Waals surface area contributed by atoms with Crippen molar-refractivity contribution < 1.29 is 0 Å². The molecule has 1 heteroatoms. The summed E-state index contributed by atoms with van der Waals surface area (Å²) in [6.07, 6.45) is 2.42. The number of halogens is 1. The molecule has 92 valence electrons. The van der Waals surface area contributed by atoms with Gasteiger partial charge in [-0.3, -0.25) is 0 Å². The molecular weight excluding hydrogens is 204 g/mol. The Hall–Kier alpha value is 0.290. The topological polar surface area (TPSA) is 0 Å². The fourth-order valence-electron chi connectivity index (χ4n) is 2.33. The van der Waals surface area contributed by atoms with Crippen LogP contribution in [-0.4, -0.2) is 4.87 Å². The van der Waals surface area contributed by atoms with Gasteiger partial charge in [-0.05, 0) is 30.1 Å². The lowest BCUT2D eigenvalue weighted by atomic mass is 9.63. The molecule has 0 saturated heterocycles. The second kappa shape index (κ2) is 4.65. The summed E-state index contributed by atoms with van der Waals surface area (Å²) >= 11 is 6.84. The Morgan fingerprint density at radius 2 is 1.33 bits per heavy atom. The van der Waals surface area contributed by atoms with E-state index in [1.165, 1.54) is 12.8 Å². The third kappa shape index (κ3) is 3.66. The van der Waals surface area contributed by atoms with E-state index in [0.29, 0.717) is 5.92 Å². The number of alkyl halides is 1. The van der Waals surface area contributed by atoms with Gasteiger partial charge in [0.2, 0.25) is 0 Å². The minimum absolute atomic E-state index is 0.138. The summed E-state index contributed by atoms with van der Waals surface area (Å²) < 4.78 is 0.